The Morgan fingerprint density at radius 1 is 0.861 bits per heavy atom. The molecular formula is C30H35N3O3. The SMILES string of the molecule is CN(C(=O)[C@H](Cc1ccccc1)NC(=O)OCc1ccccc1)[C@H](CN1CCCC1)c1ccccc1. The van der Waals surface area contributed by atoms with Crippen LogP contribution in [0.25, 0.3) is 0 Å². The van der Waals surface area contributed by atoms with E-state index in [-0.39, 0.29) is 18.6 Å². The molecule has 2 amide bonds. The molecule has 36 heavy (non-hydrogen) atoms. The van der Waals surface area contributed by atoms with Gasteiger partial charge >= 0.3 is 6.09 Å². The second-order valence-corrected chi connectivity index (χ2v) is 9.33. The minimum absolute atomic E-state index is 0.114. The number of benzene rings is 3. The Kier molecular flexibility index (Phi) is 9.11. The largest absolute Gasteiger partial charge is 0.445 e. The van der Waals surface area contributed by atoms with E-state index in [9.17, 15) is 9.59 Å². The molecule has 0 saturated carbocycles. The summed E-state index contributed by atoms with van der Waals surface area (Å²) in [4.78, 5) is 30.8. The molecule has 1 saturated heterocycles. The van der Waals surface area contributed by atoms with Crippen molar-refractivity contribution in [3.8, 4) is 0 Å². The van der Waals surface area contributed by atoms with Crippen LogP contribution in [-0.2, 0) is 22.6 Å². The average Bonchev–Trinajstić information content (AvgIpc) is 3.44. The molecule has 6 heteroatoms. The average molecular weight is 486 g/mol. The Labute approximate surface area is 213 Å². The quantitative estimate of drug-likeness (QED) is 0.447. The molecule has 0 radical (unpaired) electrons. The van der Waals surface area contributed by atoms with Crippen LogP contribution in [0.15, 0.2) is 91.0 Å². The highest BCUT2D eigenvalue weighted by Crippen LogP contribution is 2.24. The third-order valence-electron chi connectivity index (χ3n) is 6.71. The van der Waals surface area contributed by atoms with Crippen LogP contribution in [0.2, 0.25) is 0 Å². The molecule has 188 valence electrons. The van der Waals surface area contributed by atoms with E-state index in [1.807, 2.05) is 85.9 Å². The lowest BCUT2D eigenvalue weighted by Gasteiger charge is -2.34. The van der Waals surface area contributed by atoms with Crippen molar-refractivity contribution in [3.63, 3.8) is 0 Å². The number of carbonyl (C=O) groups is 2. The summed E-state index contributed by atoms with van der Waals surface area (Å²) in [6, 6.07) is 28.5. The summed E-state index contributed by atoms with van der Waals surface area (Å²) in [6.07, 6.45) is 2.16. The number of rotatable bonds is 10. The summed E-state index contributed by atoms with van der Waals surface area (Å²) < 4.78 is 5.45. The standard InChI is InChI=1S/C30H35N3O3/c1-32(28(22-33-19-11-12-20-33)26-17-9-4-10-18-26)29(34)27(21-24-13-5-2-6-14-24)31-30(35)36-23-25-15-7-3-8-16-25/h2-10,13-18,27-28H,11-12,19-23H2,1H3,(H,31,35)/t27-,28+/m0/s1. The first-order valence-electron chi connectivity index (χ1n) is 12.7. The molecule has 1 aliphatic heterocycles. The second-order valence-electron chi connectivity index (χ2n) is 9.33. The highest BCUT2D eigenvalue weighted by atomic mass is 16.5. The molecule has 1 aliphatic rings. The zero-order chi connectivity index (χ0) is 25.2. The molecule has 0 aromatic heterocycles. The molecule has 0 unspecified atom stereocenters. The Bertz CT molecular complexity index is 1090. The fourth-order valence-corrected chi connectivity index (χ4v) is 4.69. The molecule has 3 aromatic rings. The molecule has 1 fully saturated rings. The van der Waals surface area contributed by atoms with E-state index in [4.69, 9.17) is 4.74 Å². The highest BCUT2D eigenvalue weighted by molar-refractivity contribution is 5.86. The third-order valence-corrected chi connectivity index (χ3v) is 6.71. The number of nitrogens with one attached hydrogen (secondary N) is 1. The summed E-state index contributed by atoms with van der Waals surface area (Å²) in [5.74, 6) is -0.136. The first-order valence-corrected chi connectivity index (χ1v) is 12.7. The monoisotopic (exact) mass is 485 g/mol. The maximum atomic E-state index is 13.9. The number of likely N-dealkylation sites (N-methyl/N-ethyl adjacent to an activating group) is 1. The highest BCUT2D eigenvalue weighted by Gasteiger charge is 2.31. The number of likely N-dealkylation sites (tertiary alicyclic amines) is 1. The van der Waals surface area contributed by atoms with Gasteiger partial charge in [0.1, 0.15) is 12.6 Å². The van der Waals surface area contributed by atoms with Crippen molar-refractivity contribution in [1.82, 2.24) is 15.1 Å². The minimum atomic E-state index is -0.745. The van der Waals surface area contributed by atoms with E-state index < -0.39 is 12.1 Å². The van der Waals surface area contributed by atoms with E-state index in [2.05, 4.69) is 22.3 Å². The predicted octanol–water partition coefficient (Wildman–Crippen LogP) is 4.82. The Morgan fingerprint density at radius 3 is 2.03 bits per heavy atom. The lowest BCUT2D eigenvalue weighted by molar-refractivity contribution is -0.134. The number of hydrogen-bond donors (Lipinski definition) is 1. The number of hydrogen-bond acceptors (Lipinski definition) is 4. The van der Waals surface area contributed by atoms with Gasteiger partial charge in [0.2, 0.25) is 5.91 Å². The van der Waals surface area contributed by atoms with E-state index in [0.29, 0.717) is 6.42 Å². The summed E-state index contributed by atoms with van der Waals surface area (Å²) in [5, 5.41) is 2.85. The van der Waals surface area contributed by atoms with Crippen molar-refractivity contribution < 1.29 is 14.3 Å². The summed E-state index contributed by atoms with van der Waals surface area (Å²) in [5.41, 5.74) is 2.96. The Morgan fingerprint density at radius 2 is 1.42 bits per heavy atom. The zero-order valence-electron chi connectivity index (χ0n) is 20.9. The molecule has 2 atom stereocenters. The van der Waals surface area contributed by atoms with E-state index in [1.54, 1.807) is 4.90 Å². The number of carbonyl (C=O) groups excluding carboxylic acids is 2. The summed E-state index contributed by atoms with van der Waals surface area (Å²) in [6.45, 7) is 3.00. The zero-order valence-corrected chi connectivity index (χ0v) is 20.9. The van der Waals surface area contributed by atoms with Gasteiger partial charge in [0, 0.05) is 20.0 Å². The first kappa shape index (κ1) is 25.5. The van der Waals surface area contributed by atoms with Gasteiger partial charge in [0.15, 0.2) is 0 Å². The molecule has 1 heterocycles. The lowest BCUT2D eigenvalue weighted by Crippen LogP contribution is -2.51. The fourth-order valence-electron chi connectivity index (χ4n) is 4.69. The topological polar surface area (TPSA) is 61.9 Å². The van der Waals surface area contributed by atoms with E-state index >= 15 is 0 Å². The number of amides is 2. The van der Waals surface area contributed by atoms with Gasteiger partial charge in [-0.1, -0.05) is 91.0 Å². The van der Waals surface area contributed by atoms with Crippen LogP contribution in [0.4, 0.5) is 4.79 Å². The van der Waals surface area contributed by atoms with Crippen molar-refractivity contribution in [2.45, 2.75) is 38.0 Å². The first-order chi connectivity index (χ1) is 17.6. The van der Waals surface area contributed by atoms with Crippen molar-refractivity contribution >= 4 is 12.0 Å². The van der Waals surface area contributed by atoms with Gasteiger partial charge in [-0.05, 0) is 42.6 Å². The van der Waals surface area contributed by atoms with Gasteiger partial charge in [-0.15, -0.1) is 0 Å². The van der Waals surface area contributed by atoms with Crippen LogP contribution in [0.5, 0.6) is 0 Å². The van der Waals surface area contributed by atoms with Crippen molar-refractivity contribution in [3.05, 3.63) is 108 Å². The van der Waals surface area contributed by atoms with Crippen LogP contribution < -0.4 is 5.32 Å². The summed E-state index contributed by atoms with van der Waals surface area (Å²) >= 11 is 0. The molecule has 0 aliphatic carbocycles. The molecule has 6 nitrogen and oxygen atoms in total. The molecule has 1 N–H and O–H groups in total. The van der Waals surface area contributed by atoms with Gasteiger partial charge in [0.05, 0.1) is 6.04 Å². The molecule has 4 rings (SSSR count). The van der Waals surface area contributed by atoms with E-state index in [1.165, 1.54) is 12.8 Å². The number of alkyl carbamates (subject to hydrolysis) is 1. The normalized spacial score (nSPS) is 15.1. The maximum absolute atomic E-state index is 13.9. The van der Waals surface area contributed by atoms with Gasteiger partial charge < -0.3 is 19.9 Å². The van der Waals surface area contributed by atoms with Gasteiger partial charge in [0.25, 0.3) is 0 Å². The molecule has 0 bridgehead atoms. The second kappa shape index (κ2) is 12.9. The smallest absolute Gasteiger partial charge is 0.408 e. The third kappa shape index (κ3) is 7.18. The van der Waals surface area contributed by atoms with Crippen molar-refractivity contribution in [2.75, 3.05) is 26.7 Å². The number of ether oxygens (including phenoxy) is 1. The molecular weight excluding hydrogens is 450 g/mol. The maximum Gasteiger partial charge on any atom is 0.408 e. The lowest BCUT2D eigenvalue weighted by atomic mass is 10.0. The minimum Gasteiger partial charge on any atom is -0.445 e. The molecule has 3 aromatic carbocycles. The fraction of sp³-hybridized carbons (Fsp3) is 0.333. The van der Waals surface area contributed by atoms with Crippen molar-refractivity contribution in [2.24, 2.45) is 0 Å². The van der Waals surface area contributed by atoms with Gasteiger partial charge in [-0.25, -0.2) is 4.79 Å². The van der Waals surface area contributed by atoms with E-state index in [0.717, 1.165) is 36.3 Å². The van der Waals surface area contributed by atoms with Crippen LogP contribution in [0.3, 0.4) is 0 Å². The van der Waals surface area contributed by atoms with Gasteiger partial charge in [-0.3, -0.25) is 4.79 Å². The van der Waals surface area contributed by atoms with Crippen LogP contribution in [0, 0.1) is 0 Å². The van der Waals surface area contributed by atoms with Crippen LogP contribution in [-0.4, -0.2) is 54.5 Å². The Hall–Kier alpha value is -3.64. The van der Waals surface area contributed by atoms with Crippen molar-refractivity contribution in [1.29, 1.82) is 0 Å². The molecule has 0 spiro atoms. The number of nitrogens with zero attached hydrogens (tertiary/aromatic N) is 2. The van der Waals surface area contributed by atoms with Crippen LogP contribution in [0.1, 0.15) is 35.6 Å². The Balaban J connectivity index is 1.50. The predicted molar refractivity (Wildman–Crippen MR) is 141 cm³/mol. The van der Waals surface area contributed by atoms with Crippen LogP contribution >= 0.6 is 0 Å². The summed E-state index contributed by atoms with van der Waals surface area (Å²) in [7, 11) is 1.84. The van der Waals surface area contributed by atoms with Gasteiger partial charge in [-0.2, -0.15) is 0 Å².